The van der Waals surface area contributed by atoms with Crippen molar-refractivity contribution in [1.82, 2.24) is 10.6 Å². The van der Waals surface area contributed by atoms with Crippen LogP contribution in [0.5, 0.6) is 5.75 Å². The Labute approximate surface area is 147 Å². The molecule has 1 aromatic carbocycles. The number of amides is 1. The van der Waals surface area contributed by atoms with Gasteiger partial charge in [0.15, 0.2) is 0 Å². The summed E-state index contributed by atoms with van der Waals surface area (Å²) < 4.78 is 11.5. The van der Waals surface area contributed by atoms with Crippen molar-refractivity contribution in [3.8, 4) is 5.75 Å². The van der Waals surface area contributed by atoms with Crippen LogP contribution in [0.15, 0.2) is 22.7 Å². The van der Waals surface area contributed by atoms with Gasteiger partial charge in [-0.3, -0.25) is 0 Å². The molecule has 0 heterocycles. The standard InChI is InChI=1S/C17H27BrN2O3/c1-6-13(11-20-16(21)23-17(2,3)4)19-10-12-9-14(22-5)7-8-15(12)18/h7-9,13,19H,6,10-11H2,1-5H3,(H,20,21). The van der Waals surface area contributed by atoms with Crippen LogP contribution in [0, 0.1) is 0 Å². The molecule has 1 unspecified atom stereocenters. The third-order valence-corrected chi connectivity index (χ3v) is 3.99. The van der Waals surface area contributed by atoms with Crippen LogP contribution in [0.2, 0.25) is 0 Å². The van der Waals surface area contributed by atoms with Crippen LogP contribution in [0.3, 0.4) is 0 Å². The topological polar surface area (TPSA) is 59.6 Å². The van der Waals surface area contributed by atoms with Gasteiger partial charge in [-0.15, -0.1) is 0 Å². The molecule has 0 saturated carbocycles. The number of carbonyl (C=O) groups excluding carboxylic acids is 1. The van der Waals surface area contributed by atoms with Crippen molar-refractivity contribution in [2.75, 3.05) is 13.7 Å². The lowest BCUT2D eigenvalue weighted by atomic mass is 10.1. The molecule has 0 fully saturated rings. The number of ether oxygens (including phenoxy) is 2. The van der Waals surface area contributed by atoms with E-state index in [0.29, 0.717) is 13.1 Å². The summed E-state index contributed by atoms with van der Waals surface area (Å²) in [6.45, 7) is 8.84. The van der Waals surface area contributed by atoms with E-state index in [9.17, 15) is 4.79 Å². The molecule has 0 aliphatic heterocycles. The molecule has 1 amide bonds. The number of halogens is 1. The average molecular weight is 387 g/mol. The number of methoxy groups -OCH3 is 1. The zero-order chi connectivity index (χ0) is 17.5. The highest BCUT2D eigenvalue weighted by Gasteiger charge is 2.17. The molecule has 0 aliphatic carbocycles. The van der Waals surface area contributed by atoms with Gasteiger partial charge < -0.3 is 20.1 Å². The Kier molecular flexibility index (Phi) is 7.85. The lowest BCUT2D eigenvalue weighted by molar-refractivity contribution is 0.0522. The molecule has 130 valence electrons. The first-order valence-corrected chi connectivity index (χ1v) is 8.57. The van der Waals surface area contributed by atoms with Gasteiger partial charge in [0.25, 0.3) is 0 Å². The monoisotopic (exact) mass is 386 g/mol. The van der Waals surface area contributed by atoms with Crippen LogP contribution in [0.25, 0.3) is 0 Å². The maximum Gasteiger partial charge on any atom is 0.407 e. The van der Waals surface area contributed by atoms with Crippen molar-refractivity contribution in [3.05, 3.63) is 28.2 Å². The molecule has 0 aromatic heterocycles. The molecule has 0 aliphatic rings. The van der Waals surface area contributed by atoms with Gasteiger partial charge >= 0.3 is 6.09 Å². The number of rotatable bonds is 7. The molecular weight excluding hydrogens is 360 g/mol. The van der Waals surface area contributed by atoms with Gasteiger partial charge in [-0.2, -0.15) is 0 Å². The van der Waals surface area contributed by atoms with E-state index in [1.165, 1.54) is 0 Å². The number of hydrogen-bond acceptors (Lipinski definition) is 4. The van der Waals surface area contributed by atoms with Crippen molar-refractivity contribution < 1.29 is 14.3 Å². The molecule has 1 rings (SSSR count). The Balaban J connectivity index is 2.49. The van der Waals surface area contributed by atoms with E-state index in [1.807, 2.05) is 39.0 Å². The molecule has 0 spiro atoms. The quantitative estimate of drug-likeness (QED) is 0.746. The van der Waals surface area contributed by atoms with E-state index in [-0.39, 0.29) is 12.1 Å². The number of hydrogen-bond donors (Lipinski definition) is 2. The lowest BCUT2D eigenvalue weighted by Crippen LogP contribution is -2.42. The second-order valence-electron chi connectivity index (χ2n) is 6.33. The van der Waals surface area contributed by atoms with Crippen molar-refractivity contribution >= 4 is 22.0 Å². The summed E-state index contributed by atoms with van der Waals surface area (Å²) in [4.78, 5) is 11.7. The van der Waals surface area contributed by atoms with Crippen LogP contribution in [0.1, 0.15) is 39.7 Å². The van der Waals surface area contributed by atoms with Gasteiger partial charge in [0.1, 0.15) is 11.4 Å². The van der Waals surface area contributed by atoms with Gasteiger partial charge in [-0.25, -0.2) is 4.79 Å². The molecule has 23 heavy (non-hydrogen) atoms. The van der Waals surface area contributed by atoms with Crippen molar-refractivity contribution in [1.29, 1.82) is 0 Å². The molecule has 1 atom stereocenters. The fourth-order valence-electron chi connectivity index (χ4n) is 1.95. The van der Waals surface area contributed by atoms with E-state index >= 15 is 0 Å². The van der Waals surface area contributed by atoms with Gasteiger partial charge in [-0.05, 0) is 51.0 Å². The molecule has 2 N–H and O–H groups in total. The second kappa shape index (κ2) is 9.13. The average Bonchev–Trinajstić information content (AvgIpc) is 2.47. The molecule has 5 nitrogen and oxygen atoms in total. The van der Waals surface area contributed by atoms with E-state index in [4.69, 9.17) is 9.47 Å². The fraction of sp³-hybridized carbons (Fsp3) is 0.588. The van der Waals surface area contributed by atoms with Crippen molar-refractivity contribution in [3.63, 3.8) is 0 Å². The third kappa shape index (κ3) is 7.70. The molecule has 0 bridgehead atoms. The Hall–Kier alpha value is -1.27. The SMILES string of the molecule is CCC(CNC(=O)OC(C)(C)C)NCc1cc(OC)ccc1Br. The first kappa shape index (κ1) is 19.8. The fourth-order valence-corrected chi connectivity index (χ4v) is 2.34. The summed E-state index contributed by atoms with van der Waals surface area (Å²) in [7, 11) is 1.65. The minimum Gasteiger partial charge on any atom is -0.497 e. The summed E-state index contributed by atoms with van der Waals surface area (Å²) in [5.74, 6) is 0.824. The maximum atomic E-state index is 11.7. The van der Waals surface area contributed by atoms with Crippen molar-refractivity contribution in [2.45, 2.75) is 52.3 Å². The van der Waals surface area contributed by atoms with Crippen LogP contribution in [-0.4, -0.2) is 31.4 Å². The normalized spacial score (nSPS) is 12.6. The number of nitrogens with one attached hydrogen (secondary N) is 2. The van der Waals surface area contributed by atoms with Gasteiger partial charge in [-0.1, -0.05) is 22.9 Å². The molecule has 0 radical (unpaired) electrons. The zero-order valence-electron chi connectivity index (χ0n) is 14.5. The minimum absolute atomic E-state index is 0.167. The van der Waals surface area contributed by atoms with E-state index in [1.54, 1.807) is 7.11 Å². The molecule has 0 saturated heterocycles. The maximum absolute atomic E-state index is 11.7. The first-order valence-electron chi connectivity index (χ1n) is 7.77. The Morgan fingerprint density at radius 3 is 2.61 bits per heavy atom. The smallest absolute Gasteiger partial charge is 0.407 e. The summed E-state index contributed by atoms with van der Waals surface area (Å²) in [6, 6.07) is 6.04. The predicted molar refractivity (Wildman–Crippen MR) is 95.8 cm³/mol. The largest absolute Gasteiger partial charge is 0.497 e. The molecular formula is C17H27BrN2O3. The van der Waals surface area contributed by atoms with E-state index in [0.717, 1.165) is 22.2 Å². The predicted octanol–water partition coefficient (Wildman–Crippen LogP) is 3.85. The van der Waals surface area contributed by atoms with Gasteiger partial charge in [0.05, 0.1) is 7.11 Å². The number of carbonyl (C=O) groups is 1. The zero-order valence-corrected chi connectivity index (χ0v) is 16.1. The Morgan fingerprint density at radius 1 is 1.35 bits per heavy atom. The van der Waals surface area contributed by atoms with Crippen molar-refractivity contribution in [2.24, 2.45) is 0 Å². The van der Waals surface area contributed by atoms with Gasteiger partial charge in [0, 0.05) is 23.6 Å². The summed E-state index contributed by atoms with van der Waals surface area (Å²) in [5.41, 5.74) is 0.630. The molecule has 1 aromatic rings. The third-order valence-electron chi connectivity index (χ3n) is 3.22. The highest BCUT2D eigenvalue weighted by atomic mass is 79.9. The van der Waals surface area contributed by atoms with Gasteiger partial charge in [0.2, 0.25) is 0 Å². The first-order chi connectivity index (χ1) is 10.7. The van der Waals surface area contributed by atoms with E-state index < -0.39 is 5.60 Å². The Bertz CT molecular complexity index is 515. The van der Waals surface area contributed by atoms with Crippen LogP contribution in [-0.2, 0) is 11.3 Å². The highest BCUT2D eigenvalue weighted by Crippen LogP contribution is 2.22. The van der Waals surface area contributed by atoms with Crippen LogP contribution >= 0.6 is 15.9 Å². The Morgan fingerprint density at radius 2 is 2.04 bits per heavy atom. The number of benzene rings is 1. The summed E-state index contributed by atoms with van der Waals surface area (Å²) in [5, 5.41) is 6.24. The van der Waals surface area contributed by atoms with Crippen LogP contribution in [0.4, 0.5) is 4.79 Å². The summed E-state index contributed by atoms with van der Waals surface area (Å²) in [6.07, 6.45) is 0.512. The lowest BCUT2D eigenvalue weighted by Gasteiger charge is -2.22. The highest BCUT2D eigenvalue weighted by molar-refractivity contribution is 9.10. The van der Waals surface area contributed by atoms with Crippen LogP contribution < -0.4 is 15.4 Å². The number of alkyl carbamates (subject to hydrolysis) is 1. The minimum atomic E-state index is -0.481. The summed E-state index contributed by atoms with van der Waals surface area (Å²) >= 11 is 3.54. The molecule has 6 heteroatoms. The van der Waals surface area contributed by atoms with E-state index in [2.05, 4.69) is 33.5 Å². The second-order valence-corrected chi connectivity index (χ2v) is 7.18.